The van der Waals surface area contributed by atoms with E-state index in [0.29, 0.717) is 0 Å². The average Bonchev–Trinajstić information content (AvgIpc) is 2.48. The molecular formula is C17H20N2. The molecule has 0 saturated heterocycles. The Kier molecular flexibility index (Phi) is 3.51. The molecule has 0 aliphatic carbocycles. The zero-order valence-electron chi connectivity index (χ0n) is 11.4. The van der Waals surface area contributed by atoms with Gasteiger partial charge in [0, 0.05) is 25.8 Å². The van der Waals surface area contributed by atoms with Crippen molar-refractivity contribution in [2.45, 2.75) is 19.5 Å². The molecule has 1 aliphatic heterocycles. The van der Waals surface area contributed by atoms with Crippen LogP contribution >= 0.6 is 0 Å². The lowest BCUT2D eigenvalue weighted by Gasteiger charge is -2.22. The highest BCUT2D eigenvalue weighted by molar-refractivity contribution is 5.46. The maximum absolute atomic E-state index is 3.44. The van der Waals surface area contributed by atoms with Crippen molar-refractivity contribution >= 4 is 5.69 Å². The summed E-state index contributed by atoms with van der Waals surface area (Å²) < 4.78 is 0. The Morgan fingerprint density at radius 1 is 1.05 bits per heavy atom. The quantitative estimate of drug-likeness (QED) is 0.903. The smallest absolute Gasteiger partial charge is 0.0426 e. The number of rotatable bonds is 3. The van der Waals surface area contributed by atoms with E-state index in [-0.39, 0.29) is 0 Å². The first-order valence-electron chi connectivity index (χ1n) is 6.90. The van der Waals surface area contributed by atoms with Gasteiger partial charge in [-0.15, -0.1) is 0 Å². The number of nitrogens with zero attached hydrogens (tertiary/aromatic N) is 1. The molecule has 0 radical (unpaired) electrons. The van der Waals surface area contributed by atoms with Gasteiger partial charge in [-0.2, -0.15) is 0 Å². The highest BCUT2D eigenvalue weighted by Gasteiger charge is 2.09. The van der Waals surface area contributed by atoms with Crippen molar-refractivity contribution in [3.05, 3.63) is 65.2 Å². The van der Waals surface area contributed by atoms with Crippen molar-refractivity contribution in [1.29, 1.82) is 0 Å². The zero-order valence-corrected chi connectivity index (χ0v) is 11.4. The lowest BCUT2D eigenvalue weighted by molar-refractivity contribution is 0.642. The van der Waals surface area contributed by atoms with E-state index in [1.807, 2.05) is 0 Å². The highest BCUT2D eigenvalue weighted by Crippen LogP contribution is 2.19. The maximum Gasteiger partial charge on any atom is 0.0426 e. The fourth-order valence-corrected chi connectivity index (χ4v) is 2.68. The van der Waals surface area contributed by atoms with Gasteiger partial charge in [0.1, 0.15) is 0 Å². The molecule has 0 atom stereocenters. The second kappa shape index (κ2) is 5.45. The summed E-state index contributed by atoms with van der Waals surface area (Å²) in [6.45, 7) is 3.08. The standard InChI is InChI=1S/C17H20N2/c1-19(17-5-3-2-4-6-17)13-14-7-8-15-9-10-18-12-16(15)11-14/h2-8,11,18H,9-10,12-13H2,1H3. The van der Waals surface area contributed by atoms with Crippen LogP contribution in [0.15, 0.2) is 48.5 Å². The van der Waals surface area contributed by atoms with Gasteiger partial charge in [0.2, 0.25) is 0 Å². The summed E-state index contributed by atoms with van der Waals surface area (Å²) in [6.07, 6.45) is 1.16. The first kappa shape index (κ1) is 12.2. The largest absolute Gasteiger partial charge is 0.370 e. The monoisotopic (exact) mass is 252 g/mol. The Labute approximate surface area is 115 Å². The van der Waals surface area contributed by atoms with E-state index in [1.165, 1.54) is 22.4 Å². The van der Waals surface area contributed by atoms with Crippen LogP contribution in [0.2, 0.25) is 0 Å². The van der Waals surface area contributed by atoms with E-state index in [2.05, 4.69) is 65.8 Å². The van der Waals surface area contributed by atoms with E-state index in [4.69, 9.17) is 0 Å². The Hall–Kier alpha value is -1.80. The van der Waals surface area contributed by atoms with Crippen LogP contribution in [0.25, 0.3) is 0 Å². The van der Waals surface area contributed by atoms with Gasteiger partial charge in [0.05, 0.1) is 0 Å². The summed E-state index contributed by atoms with van der Waals surface area (Å²) in [4.78, 5) is 2.29. The topological polar surface area (TPSA) is 15.3 Å². The molecule has 3 rings (SSSR count). The van der Waals surface area contributed by atoms with Gasteiger partial charge in [0.15, 0.2) is 0 Å². The lowest BCUT2D eigenvalue weighted by atomic mass is 9.98. The molecule has 1 aliphatic rings. The molecule has 0 unspecified atom stereocenters. The number of nitrogens with one attached hydrogen (secondary N) is 1. The highest BCUT2D eigenvalue weighted by atomic mass is 15.1. The molecule has 2 nitrogen and oxygen atoms in total. The molecule has 0 amide bonds. The fourth-order valence-electron chi connectivity index (χ4n) is 2.68. The van der Waals surface area contributed by atoms with Crippen molar-refractivity contribution in [2.75, 3.05) is 18.5 Å². The third-order valence-electron chi connectivity index (χ3n) is 3.77. The SMILES string of the molecule is CN(Cc1ccc2c(c1)CNCC2)c1ccccc1. The van der Waals surface area contributed by atoms with Crippen LogP contribution in [-0.2, 0) is 19.5 Å². The molecule has 0 bridgehead atoms. The molecule has 98 valence electrons. The third-order valence-corrected chi connectivity index (χ3v) is 3.77. The molecule has 1 N–H and O–H groups in total. The van der Waals surface area contributed by atoms with Gasteiger partial charge < -0.3 is 10.2 Å². The zero-order chi connectivity index (χ0) is 13.1. The second-order valence-electron chi connectivity index (χ2n) is 5.22. The molecule has 0 saturated carbocycles. The number of benzene rings is 2. The molecule has 0 spiro atoms. The molecule has 1 heterocycles. The fraction of sp³-hybridized carbons (Fsp3) is 0.294. The number of hydrogen-bond donors (Lipinski definition) is 1. The van der Waals surface area contributed by atoms with Crippen molar-refractivity contribution in [1.82, 2.24) is 5.32 Å². The van der Waals surface area contributed by atoms with E-state index in [0.717, 1.165) is 26.1 Å². The maximum atomic E-state index is 3.44. The van der Waals surface area contributed by atoms with Crippen molar-refractivity contribution in [2.24, 2.45) is 0 Å². The molecule has 0 aromatic heterocycles. The van der Waals surface area contributed by atoms with Crippen LogP contribution in [0.4, 0.5) is 5.69 Å². The Morgan fingerprint density at radius 2 is 1.89 bits per heavy atom. The summed E-state index contributed by atoms with van der Waals surface area (Å²) in [6, 6.07) is 17.4. The first-order valence-corrected chi connectivity index (χ1v) is 6.90. The van der Waals surface area contributed by atoms with E-state index < -0.39 is 0 Å². The molecule has 2 aromatic carbocycles. The molecule has 0 fully saturated rings. The van der Waals surface area contributed by atoms with E-state index in [9.17, 15) is 0 Å². The van der Waals surface area contributed by atoms with Crippen molar-refractivity contribution < 1.29 is 0 Å². The summed E-state index contributed by atoms with van der Waals surface area (Å²) in [5.74, 6) is 0. The second-order valence-corrected chi connectivity index (χ2v) is 5.22. The Bertz CT molecular complexity index is 548. The predicted molar refractivity (Wildman–Crippen MR) is 80.4 cm³/mol. The van der Waals surface area contributed by atoms with Crippen LogP contribution in [0.1, 0.15) is 16.7 Å². The molecule has 19 heavy (non-hydrogen) atoms. The predicted octanol–water partition coefficient (Wildman–Crippen LogP) is 2.97. The number of hydrogen-bond acceptors (Lipinski definition) is 2. The van der Waals surface area contributed by atoms with Crippen LogP contribution < -0.4 is 10.2 Å². The Morgan fingerprint density at radius 3 is 2.74 bits per heavy atom. The summed E-state index contributed by atoms with van der Waals surface area (Å²) in [7, 11) is 2.15. The number of fused-ring (bicyclic) bond motifs is 1. The Balaban J connectivity index is 1.76. The van der Waals surface area contributed by atoms with Crippen LogP contribution in [0.5, 0.6) is 0 Å². The van der Waals surface area contributed by atoms with E-state index in [1.54, 1.807) is 0 Å². The molecule has 2 aromatic rings. The summed E-state index contributed by atoms with van der Waals surface area (Å²) in [5, 5.41) is 3.44. The lowest BCUT2D eigenvalue weighted by Crippen LogP contribution is -2.24. The van der Waals surface area contributed by atoms with E-state index >= 15 is 0 Å². The van der Waals surface area contributed by atoms with Gasteiger partial charge in [-0.25, -0.2) is 0 Å². The minimum atomic E-state index is 0.956. The molecular weight excluding hydrogens is 232 g/mol. The average molecular weight is 252 g/mol. The normalized spacial score (nSPS) is 13.9. The third kappa shape index (κ3) is 2.79. The van der Waals surface area contributed by atoms with Gasteiger partial charge in [0.25, 0.3) is 0 Å². The van der Waals surface area contributed by atoms with Gasteiger partial charge in [-0.3, -0.25) is 0 Å². The molecule has 2 heteroatoms. The number of anilines is 1. The summed E-state index contributed by atoms with van der Waals surface area (Å²) in [5.41, 5.74) is 5.61. The minimum absolute atomic E-state index is 0.956. The van der Waals surface area contributed by atoms with Crippen LogP contribution in [0.3, 0.4) is 0 Å². The van der Waals surface area contributed by atoms with Crippen molar-refractivity contribution in [3.63, 3.8) is 0 Å². The number of para-hydroxylation sites is 1. The van der Waals surface area contributed by atoms with Gasteiger partial charge >= 0.3 is 0 Å². The van der Waals surface area contributed by atoms with Gasteiger partial charge in [-0.1, -0.05) is 36.4 Å². The first-order chi connectivity index (χ1) is 9.33. The van der Waals surface area contributed by atoms with Gasteiger partial charge in [-0.05, 0) is 41.8 Å². The minimum Gasteiger partial charge on any atom is -0.370 e. The van der Waals surface area contributed by atoms with Crippen molar-refractivity contribution in [3.8, 4) is 0 Å². The van der Waals surface area contributed by atoms with Crippen LogP contribution in [-0.4, -0.2) is 13.6 Å². The summed E-state index contributed by atoms with van der Waals surface area (Å²) >= 11 is 0. The van der Waals surface area contributed by atoms with Crippen LogP contribution in [0, 0.1) is 0 Å².